The molecule has 0 bridgehead atoms. The third-order valence-corrected chi connectivity index (χ3v) is 3.18. The summed E-state index contributed by atoms with van der Waals surface area (Å²) in [5, 5.41) is 11.7. The van der Waals surface area contributed by atoms with Crippen molar-refractivity contribution in [3.05, 3.63) is 34.3 Å². The molecule has 0 saturated carbocycles. The highest BCUT2D eigenvalue weighted by Gasteiger charge is 2.23. The zero-order valence-corrected chi connectivity index (χ0v) is 11.5. The number of carbonyl (C=O) groups excluding carboxylic acids is 1. The summed E-state index contributed by atoms with van der Waals surface area (Å²) >= 11 is 3.34. The van der Waals surface area contributed by atoms with Gasteiger partial charge in [-0.15, -0.1) is 0 Å². The molecule has 90 valence electrons. The van der Waals surface area contributed by atoms with E-state index in [4.69, 9.17) is 5.26 Å². The van der Waals surface area contributed by atoms with Gasteiger partial charge in [0, 0.05) is 4.47 Å². The fraction of sp³-hybridized carbons (Fsp3) is 0.385. The Bertz CT molecular complexity index is 436. The Morgan fingerprint density at radius 1 is 1.47 bits per heavy atom. The minimum absolute atomic E-state index is 0.127. The zero-order chi connectivity index (χ0) is 12.9. The first-order chi connectivity index (χ1) is 7.99. The monoisotopic (exact) mass is 294 g/mol. The number of nitrogens with zero attached hydrogens (tertiary/aromatic N) is 1. The van der Waals surface area contributed by atoms with Crippen molar-refractivity contribution in [2.75, 3.05) is 0 Å². The van der Waals surface area contributed by atoms with Crippen LogP contribution in [0.3, 0.4) is 0 Å². The average molecular weight is 295 g/mol. The normalized spacial score (nSPS) is 13.5. The van der Waals surface area contributed by atoms with Crippen LogP contribution in [0.25, 0.3) is 0 Å². The quantitative estimate of drug-likeness (QED) is 0.928. The van der Waals surface area contributed by atoms with Crippen LogP contribution in [0.5, 0.6) is 0 Å². The lowest BCUT2D eigenvalue weighted by Crippen LogP contribution is -2.44. The number of hydrogen-bond acceptors (Lipinski definition) is 2. The maximum Gasteiger partial charge on any atom is 0.225 e. The van der Waals surface area contributed by atoms with Crippen molar-refractivity contribution in [1.29, 1.82) is 5.26 Å². The standard InChI is InChI=1S/C13H15BrN2O/c1-3-13(2,9-15)16-12(17)8-10-4-6-11(14)7-5-10/h4-7H,3,8H2,1-2H3,(H,16,17)/t13-/m1/s1. The van der Waals surface area contributed by atoms with Crippen LogP contribution in [0.1, 0.15) is 25.8 Å². The Labute approximate surface area is 110 Å². The number of carbonyl (C=O) groups is 1. The number of nitrogens with one attached hydrogen (secondary N) is 1. The van der Waals surface area contributed by atoms with Crippen LogP contribution in [0.2, 0.25) is 0 Å². The van der Waals surface area contributed by atoms with Crippen LogP contribution in [-0.4, -0.2) is 11.4 Å². The minimum atomic E-state index is -0.771. The van der Waals surface area contributed by atoms with Crippen molar-refractivity contribution < 1.29 is 4.79 Å². The Balaban J connectivity index is 2.62. The summed E-state index contributed by atoms with van der Waals surface area (Å²) in [4.78, 5) is 11.8. The third kappa shape index (κ3) is 4.20. The molecule has 0 radical (unpaired) electrons. The van der Waals surface area contributed by atoms with Gasteiger partial charge in [-0.1, -0.05) is 35.0 Å². The summed E-state index contributed by atoms with van der Waals surface area (Å²) in [6, 6.07) is 9.68. The molecular formula is C13H15BrN2O. The van der Waals surface area contributed by atoms with Crippen LogP contribution >= 0.6 is 15.9 Å². The molecule has 0 saturated heterocycles. The molecule has 1 atom stereocenters. The molecule has 1 aromatic rings. The molecular weight excluding hydrogens is 280 g/mol. The largest absolute Gasteiger partial charge is 0.338 e. The van der Waals surface area contributed by atoms with Gasteiger partial charge in [0.25, 0.3) is 0 Å². The second-order valence-electron chi connectivity index (χ2n) is 4.15. The summed E-state index contributed by atoms with van der Waals surface area (Å²) in [7, 11) is 0. The van der Waals surface area contributed by atoms with Gasteiger partial charge in [0.15, 0.2) is 0 Å². The molecule has 0 aromatic heterocycles. The van der Waals surface area contributed by atoms with Gasteiger partial charge in [-0.2, -0.15) is 5.26 Å². The number of rotatable bonds is 4. The van der Waals surface area contributed by atoms with E-state index in [-0.39, 0.29) is 5.91 Å². The van der Waals surface area contributed by atoms with Crippen molar-refractivity contribution in [2.45, 2.75) is 32.2 Å². The van der Waals surface area contributed by atoms with E-state index in [0.29, 0.717) is 12.8 Å². The van der Waals surface area contributed by atoms with Gasteiger partial charge >= 0.3 is 0 Å². The van der Waals surface area contributed by atoms with Gasteiger partial charge in [-0.05, 0) is 31.0 Å². The number of hydrogen-bond donors (Lipinski definition) is 1. The summed E-state index contributed by atoms with van der Waals surface area (Å²) in [6.45, 7) is 3.61. The maximum atomic E-state index is 11.8. The van der Waals surface area contributed by atoms with E-state index < -0.39 is 5.54 Å². The van der Waals surface area contributed by atoms with E-state index in [0.717, 1.165) is 10.0 Å². The molecule has 0 fully saturated rings. The zero-order valence-electron chi connectivity index (χ0n) is 9.96. The molecule has 1 aromatic carbocycles. The smallest absolute Gasteiger partial charge is 0.225 e. The molecule has 17 heavy (non-hydrogen) atoms. The first-order valence-corrected chi connectivity index (χ1v) is 6.25. The molecule has 1 amide bonds. The maximum absolute atomic E-state index is 11.8. The van der Waals surface area contributed by atoms with E-state index in [2.05, 4.69) is 27.3 Å². The van der Waals surface area contributed by atoms with E-state index >= 15 is 0 Å². The van der Waals surface area contributed by atoms with E-state index in [9.17, 15) is 4.79 Å². The highest BCUT2D eigenvalue weighted by molar-refractivity contribution is 9.10. The van der Waals surface area contributed by atoms with Crippen molar-refractivity contribution in [3.63, 3.8) is 0 Å². The SMILES string of the molecule is CC[C@](C)(C#N)NC(=O)Cc1ccc(Br)cc1. The Hall–Kier alpha value is -1.34. The topological polar surface area (TPSA) is 52.9 Å². The molecule has 1 rings (SSSR count). The van der Waals surface area contributed by atoms with Crippen LogP contribution in [0.15, 0.2) is 28.7 Å². The van der Waals surface area contributed by atoms with Crippen molar-refractivity contribution in [2.24, 2.45) is 0 Å². The highest BCUT2D eigenvalue weighted by atomic mass is 79.9. The molecule has 1 N–H and O–H groups in total. The fourth-order valence-corrected chi connectivity index (χ4v) is 1.60. The number of nitriles is 1. The second kappa shape index (κ2) is 5.83. The summed E-state index contributed by atoms with van der Waals surface area (Å²) < 4.78 is 0.983. The Morgan fingerprint density at radius 3 is 2.53 bits per heavy atom. The summed E-state index contributed by atoms with van der Waals surface area (Å²) in [5.74, 6) is -0.127. The molecule has 0 heterocycles. The van der Waals surface area contributed by atoms with Crippen molar-refractivity contribution in [1.82, 2.24) is 5.32 Å². The predicted molar refractivity (Wildman–Crippen MR) is 70.3 cm³/mol. The fourth-order valence-electron chi connectivity index (χ4n) is 1.33. The van der Waals surface area contributed by atoms with Crippen LogP contribution < -0.4 is 5.32 Å². The van der Waals surface area contributed by atoms with Gasteiger partial charge in [-0.25, -0.2) is 0 Å². The Kier molecular flexibility index (Phi) is 4.71. The lowest BCUT2D eigenvalue weighted by atomic mass is 10.0. The highest BCUT2D eigenvalue weighted by Crippen LogP contribution is 2.12. The number of halogens is 1. The van der Waals surface area contributed by atoms with Gasteiger partial charge < -0.3 is 5.32 Å². The van der Waals surface area contributed by atoms with E-state index in [1.807, 2.05) is 31.2 Å². The summed E-state index contributed by atoms with van der Waals surface area (Å²) in [6.07, 6.45) is 0.889. The molecule has 0 spiro atoms. The summed E-state index contributed by atoms with van der Waals surface area (Å²) in [5.41, 5.74) is 0.161. The molecule has 0 unspecified atom stereocenters. The van der Waals surface area contributed by atoms with Gasteiger partial charge in [-0.3, -0.25) is 4.79 Å². The van der Waals surface area contributed by atoms with E-state index in [1.165, 1.54) is 0 Å². The van der Waals surface area contributed by atoms with Crippen molar-refractivity contribution in [3.8, 4) is 6.07 Å². The molecule has 0 aliphatic heterocycles. The molecule has 0 aliphatic carbocycles. The molecule has 3 nitrogen and oxygen atoms in total. The molecule has 0 aliphatic rings. The predicted octanol–water partition coefficient (Wildman–Crippen LogP) is 2.80. The van der Waals surface area contributed by atoms with Crippen LogP contribution in [-0.2, 0) is 11.2 Å². The van der Waals surface area contributed by atoms with Gasteiger partial charge in [0.05, 0.1) is 12.5 Å². The third-order valence-electron chi connectivity index (χ3n) is 2.65. The van der Waals surface area contributed by atoms with Gasteiger partial charge in [0.1, 0.15) is 5.54 Å². The first kappa shape index (κ1) is 13.7. The first-order valence-electron chi connectivity index (χ1n) is 5.46. The van der Waals surface area contributed by atoms with Crippen molar-refractivity contribution >= 4 is 21.8 Å². The second-order valence-corrected chi connectivity index (χ2v) is 5.06. The Morgan fingerprint density at radius 2 is 2.06 bits per heavy atom. The van der Waals surface area contributed by atoms with Crippen LogP contribution in [0.4, 0.5) is 0 Å². The minimum Gasteiger partial charge on any atom is -0.338 e. The number of benzene rings is 1. The average Bonchev–Trinajstić information content (AvgIpc) is 2.32. The lowest BCUT2D eigenvalue weighted by molar-refractivity contribution is -0.121. The lowest BCUT2D eigenvalue weighted by Gasteiger charge is -2.21. The van der Waals surface area contributed by atoms with Crippen LogP contribution in [0, 0.1) is 11.3 Å². The number of amides is 1. The van der Waals surface area contributed by atoms with Gasteiger partial charge in [0.2, 0.25) is 5.91 Å². The van der Waals surface area contributed by atoms with E-state index in [1.54, 1.807) is 6.92 Å². The molecule has 4 heteroatoms.